The predicted octanol–water partition coefficient (Wildman–Crippen LogP) is 3.70. The number of aryl methyl sites for hydroxylation is 1. The van der Waals surface area contributed by atoms with E-state index in [1.807, 2.05) is 23.0 Å². The van der Waals surface area contributed by atoms with Gasteiger partial charge in [-0.15, -0.1) is 0 Å². The van der Waals surface area contributed by atoms with Crippen LogP contribution < -0.4 is 5.32 Å². The zero-order valence-corrected chi connectivity index (χ0v) is 13.3. The molecule has 2 rings (SSSR count). The van der Waals surface area contributed by atoms with Gasteiger partial charge in [-0.05, 0) is 59.1 Å². The van der Waals surface area contributed by atoms with Gasteiger partial charge in [0.15, 0.2) is 0 Å². The highest BCUT2D eigenvalue weighted by Gasteiger charge is 2.14. The molecule has 0 saturated carbocycles. The fraction of sp³-hybridized carbons (Fsp3) is 0.400. The Morgan fingerprint density at radius 3 is 2.80 bits per heavy atom. The molecule has 3 nitrogen and oxygen atoms in total. The standard InChI is InChI=1S/C15H19BrFN3/c1-3-18-15(7-11-9-19-20(4-2)10-11)12-5-6-14(17)13(16)8-12/h5-6,8-10,15,18H,3-4,7H2,1-2H3. The number of likely N-dealkylation sites (N-methyl/N-ethyl adjacent to an activating group) is 1. The van der Waals surface area contributed by atoms with Crippen LogP contribution in [0.4, 0.5) is 4.39 Å². The van der Waals surface area contributed by atoms with Crippen molar-refractivity contribution in [3.05, 3.63) is 52.0 Å². The van der Waals surface area contributed by atoms with Gasteiger partial charge in [-0.2, -0.15) is 5.10 Å². The van der Waals surface area contributed by atoms with E-state index in [-0.39, 0.29) is 11.9 Å². The molecule has 20 heavy (non-hydrogen) atoms. The minimum Gasteiger partial charge on any atom is -0.310 e. The first kappa shape index (κ1) is 15.2. The lowest BCUT2D eigenvalue weighted by Gasteiger charge is -2.18. The Balaban J connectivity index is 2.19. The number of halogens is 2. The summed E-state index contributed by atoms with van der Waals surface area (Å²) in [5.74, 6) is -0.234. The number of aromatic nitrogens is 2. The molecule has 1 aromatic carbocycles. The van der Waals surface area contributed by atoms with Crippen LogP contribution in [0.3, 0.4) is 0 Å². The first-order valence-corrected chi connectivity index (χ1v) is 7.63. The quantitative estimate of drug-likeness (QED) is 0.869. The van der Waals surface area contributed by atoms with Crippen LogP contribution in [0.25, 0.3) is 0 Å². The van der Waals surface area contributed by atoms with E-state index >= 15 is 0 Å². The molecule has 0 saturated heterocycles. The highest BCUT2D eigenvalue weighted by atomic mass is 79.9. The van der Waals surface area contributed by atoms with Crippen molar-refractivity contribution in [2.75, 3.05) is 6.54 Å². The third-order valence-electron chi connectivity index (χ3n) is 3.25. The van der Waals surface area contributed by atoms with Gasteiger partial charge in [-0.3, -0.25) is 4.68 Å². The maximum Gasteiger partial charge on any atom is 0.137 e. The number of hydrogen-bond donors (Lipinski definition) is 1. The summed E-state index contributed by atoms with van der Waals surface area (Å²) in [5, 5.41) is 7.73. The summed E-state index contributed by atoms with van der Waals surface area (Å²) in [5.41, 5.74) is 2.25. The van der Waals surface area contributed by atoms with E-state index in [4.69, 9.17) is 0 Å². The second-order valence-corrected chi connectivity index (χ2v) is 5.55. The van der Waals surface area contributed by atoms with Gasteiger partial charge < -0.3 is 5.32 Å². The molecule has 0 aliphatic heterocycles. The van der Waals surface area contributed by atoms with E-state index in [9.17, 15) is 4.39 Å². The molecule has 0 radical (unpaired) electrons. The number of nitrogens with zero attached hydrogens (tertiary/aromatic N) is 2. The van der Waals surface area contributed by atoms with Gasteiger partial charge in [0.05, 0.1) is 10.7 Å². The summed E-state index contributed by atoms with van der Waals surface area (Å²) in [6.45, 7) is 5.87. The van der Waals surface area contributed by atoms with Crippen LogP contribution in [0.15, 0.2) is 35.1 Å². The van der Waals surface area contributed by atoms with Gasteiger partial charge in [0.2, 0.25) is 0 Å². The van der Waals surface area contributed by atoms with Crippen LogP contribution in [0.5, 0.6) is 0 Å². The summed E-state index contributed by atoms with van der Waals surface area (Å²) >= 11 is 3.25. The lowest BCUT2D eigenvalue weighted by Crippen LogP contribution is -2.22. The minimum absolute atomic E-state index is 0.159. The van der Waals surface area contributed by atoms with Crippen LogP contribution in [-0.2, 0) is 13.0 Å². The van der Waals surface area contributed by atoms with Crippen molar-refractivity contribution in [2.45, 2.75) is 32.9 Å². The molecule has 0 aliphatic carbocycles. The normalized spacial score (nSPS) is 12.6. The first-order chi connectivity index (χ1) is 9.63. The second-order valence-electron chi connectivity index (χ2n) is 4.69. The lowest BCUT2D eigenvalue weighted by molar-refractivity contribution is 0.546. The largest absolute Gasteiger partial charge is 0.310 e. The number of nitrogens with one attached hydrogen (secondary N) is 1. The zero-order valence-electron chi connectivity index (χ0n) is 11.7. The van der Waals surface area contributed by atoms with Gasteiger partial charge >= 0.3 is 0 Å². The SMILES string of the molecule is CCNC(Cc1cnn(CC)c1)c1ccc(F)c(Br)c1. The molecule has 1 unspecified atom stereocenters. The van der Waals surface area contributed by atoms with Crippen molar-refractivity contribution in [1.29, 1.82) is 0 Å². The van der Waals surface area contributed by atoms with E-state index in [0.717, 1.165) is 25.1 Å². The molecule has 0 bridgehead atoms. The van der Waals surface area contributed by atoms with Gasteiger partial charge in [0.1, 0.15) is 5.82 Å². The first-order valence-electron chi connectivity index (χ1n) is 6.83. The van der Waals surface area contributed by atoms with Crippen molar-refractivity contribution >= 4 is 15.9 Å². The Hall–Kier alpha value is -1.20. The van der Waals surface area contributed by atoms with Gasteiger partial charge in [-0.1, -0.05) is 13.0 Å². The van der Waals surface area contributed by atoms with Crippen LogP contribution in [-0.4, -0.2) is 16.3 Å². The summed E-state index contributed by atoms with van der Waals surface area (Å²) in [6, 6.07) is 5.33. The summed E-state index contributed by atoms with van der Waals surface area (Å²) in [6.07, 6.45) is 4.79. The summed E-state index contributed by atoms with van der Waals surface area (Å²) < 4.78 is 15.8. The lowest BCUT2D eigenvalue weighted by atomic mass is 10.0. The van der Waals surface area contributed by atoms with Crippen LogP contribution >= 0.6 is 15.9 Å². The zero-order chi connectivity index (χ0) is 14.5. The third-order valence-corrected chi connectivity index (χ3v) is 3.85. The second kappa shape index (κ2) is 6.99. The Labute approximate surface area is 127 Å². The molecule has 0 spiro atoms. The molecule has 1 N–H and O–H groups in total. The molecular formula is C15H19BrFN3. The molecule has 2 aromatic rings. The maximum atomic E-state index is 13.3. The average Bonchev–Trinajstić information content (AvgIpc) is 2.89. The monoisotopic (exact) mass is 339 g/mol. The van der Waals surface area contributed by atoms with E-state index < -0.39 is 0 Å². The Bertz CT molecular complexity index is 568. The average molecular weight is 340 g/mol. The molecule has 0 amide bonds. The van der Waals surface area contributed by atoms with Crippen molar-refractivity contribution in [3.8, 4) is 0 Å². The highest BCUT2D eigenvalue weighted by molar-refractivity contribution is 9.10. The molecule has 108 valence electrons. The predicted molar refractivity (Wildman–Crippen MR) is 82.1 cm³/mol. The summed E-state index contributed by atoms with van der Waals surface area (Å²) in [4.78, 5) is 0. The fourth-order valence-corrected chi connectivity index (χ4v) is 2.60. The number of benzene rings is 1. The molecule has 1 aromatic heterocycles. The molecule has 1 heterocycles. The van der Waals surface area contributed by atoms with Crippen LogP contribution in [0.1, 0.15) is 31.0 Å². The molecule has 1 atom stereocenters. The molecular weight excluding hydrogens is 321 g/mol. The third kappa shape index (κ3) is 3.67. The molecule has 5 heteroatoms. The van der Waals surface area contributed by atoms with Gasteiger partial charge in [0, 0.05) is 18.8 Å². The van der Waals surface area contributed by atoms with Crippen LogP contribution in [0.2, 0.25) is 0 Å². The fourth-order valence-electron chi connectivity index (χ4n) is 2.20. The van der Waals surface area contributed by atoms with Crippen molar-refractivity contribution in [3.63, 3.8) is 0 Å². The molecule has 0 aliphatic rings. The van der Waals surface area contributed by atoms with E-state index in [0.29, 0.717) is 4.47 Å². The highest BCUT2D eigenvalue weighted by Crippen LogP contribution is 2.24. The topological polar surface area (TPSA) is 29.9 Å². The Morgan fingerprint density at radius 2 is 2.20 bits per heavy atom. The number of rotatable bonds is 6. The smallest absolute Gasteiger partial charge is 0.137 e. The van der Waals surface area contributed by atoms with E-state index in [1.165, 1.54) is 11.6 Å². The molecule has 0 fully saturated rings. The van der Waals surface area contributed by atoms with Gasteiger partial charge in [0.25, 0.3) is 0 Å². The Morgan fingerprint density at radius 1 is 1.40 bits per heavy atom. The van der Waals surface area contributed by atoms with Gasteiger partial charge in [-0.25, -0.2) is 4.39 Å². The van der Waals surface area contributed by atoms with Crippen LogP contribution in [0, 0.1) is 5.82 Å². The van der Waals surface area contributed by atoms with E-state index in [1.54, 1.807) is 0 Å². The minimum atomic E-state index is -0.234. The summed E-state index contributed by atoms with van der Waals surface area (Å²) in [7, 11) is 0. The van der Waals surface area contributed by atoms with Crippen molar-refractivity contribution in [1.82, 2.24) is 15.1 Å². The van der Waals surface area contributed by atoms with Crippen molar-refractivity contribution < 1.29 is 4.39 Å². The van der Waals surface area contributed by atoms with E-state index in [2.05, 4.69) is 46.4 Å². The number of hydrogen-bond acceptors (Lipinski definition) is 2. The van der Waals surface area contributed by atoms with Crippen molar-refractivity contribution in [2.24, 2.45) is 0 Å². The maximum absolute atomic E-state index is 13.3. The Kier molecular flexibility index (Phi) is 5.31.